The van der Waals surface area contributed by atoms with Crippen LogP contribution in [0.3, 0.4) is 0 Å². The molecule has 1 fully saturated rings. The molecule has 1 aliphatic rings. The van der Waals surface area contributed by atoms with Crippen molar-refractivity contribution in [3.63, 3.8) is 0 Å². The van der Waals surface area contributed by atoms with Crippen LogP contribution in [-0.4, -0.2) is 41.9 Å². The number of halogens is 2. The van der Waals surface area contributed by atoms with Crippen LogP contribution in [0.5, 0.6) is 0 Å². The second-order valence-electron chi connectivity index (χ2n) is 5.28. The highest BCUT2D eigenvalue weighted by Crippen LogP contribution is 2.23. The first-order valence-electron chi connectivity index (χ1n) is 7.12. The van der Waals surface area contributed by atoms with Gasteiger partial charge in [-0.2, -0.15) is 0 Å². The van der Waals surface area contributed by atoms with Gasteiger partial charge >= 0.3 is 0 Å². The smallest absolute Gasteiger partial charge is 0.253 e. The van der Waals surface area contributed by atoms with Crippen LogP contribution in [0.4, 0.5) is 0 Å². The average Bonchev–Trinajstić information content (AvgIpc) is 3.03. The van der Waals surface area contributed by atoms with E-state index in [-0.39, 0.29) is 5.91 Å². The molecule has 3 rings (SSSR count). The molecule has 0 saturated carbocycles. The predicted molar refractivity (Wildman–Crippen MR) is 92.0 cm³/mol. The number of hydrogen-bond acceptors (Lipinski definition) is 3. The normalized spacial score (nSPS) is 16.0. The van der Waals surface area contributed by atoms with E-state index < -0.39 is 0 Å². The van der Waals surface area contributed by atoms with E-state index in [0.29, 0.717) is 15.6 Å². The van der Waals surface area contributed by atoms with Gasteiger partial charge in [-0.05, 0) is 29.6 Å². The summed E-state index contributed by atoms with van der Waals surface area (Å²) in [4.78, 5) is 18.1. The maximum atomic E-state index is 12.5. The fourth-order valence-corrected chi connectivity index (χ4v) is 3.59. The van der Waals surface area contributed by atoms with Crippen molar-refractivity contribution in [1.29, 1.82) is 0 Å². The standard InChI is InChI=1S/C16H16Cl2N2OS/c17-14-4-3-12(10-15(14)18)16(21)20-7-5-19(6-8-20)11-13-2-1-9-22-13/h1-4,9-10H,5-8,11H2. The topological polar surface area (TPSA) is 23.6 Å². The first-order chi connectivity index (χ1) is 10.6. The quantitative estimate of drug-likeness (QED) is 0.831. The Kier molecular flexibility index (Phi) is 5.03. The maximum Gasteiger partial charge on any atom is 0.253 e. The zero-order valence-electron chi connectivity index (χ0n) is 12.0. The first kappa shape index (κ1) is 15.8. The van der Waals surface area contributed by atoms with Crippen molar-refractivity contribution in [3.05, 3.63) is 56.2 Å². The minimum absolute atomic E-state index is 0.0225. The van der Waals surface area contributed by atoms with Crippen molar-refractivity contribution in [2.45, 2.75) is 6.54 Å². The van der Waals surface area contributed by atoms with Gasteiger partial charge < -0.3 is 4.90 Å². The van der Waals surface area contributed by atoms with Crippen molar-refractivity contribution < 1.29 is 4.79 Å². The molecule has 0 unspecified atom stereocenters. The zero-order chi connectivity index (χ0) is 15.5. The van der Waals surface area contributed by atoms with Gasteiger partial charge in [-0.25, -0.2) is 0 Å². The van der Waals surface area contributed by atoms with Crippen LogP contribution in [0.2, 0.25) is 10.0 Å². The number of amides is 1. The summed E-state index contributed by atoms with van der Waals surface area (Å²) in [5, 5.41) is 2.99. The summed E-state index contributed by atoms with van der Waals surface area (Å²) in [6, 6.07) is 9.27. The summed E-state index contributed by atoms with van der Waals surface area (Å²) in [5.74, 6) is 0.0225. The van der Waals surface area contributed by atoms with Crippen LogP contribution in [-0.2, 0) is 6.54 Å². The third kappa shape index (κ3) is 3.63. The summed E-state index contributed by atoms with van der Waals surface area (Å²) in [6.45, 7) is 4.23. The highest BCUT2D eigenvalue weighted by molar-refractivity contribution is 7.09. The molecular weight excluding hydrogens is 339 g/mol. The van der Waals surface area contributed by atoms with Crippen LogP contribution in [0.25, 0.3) is 0 Å². The van der Waals surface area contributed by atoms with E-state index in [4.69, 9.17) is 23.2 Å². The molecule has 2 aromatic rings. The van der Waals surface area contributed by atoms with E-state index in [9.17, 15) is 4.79 Å². The van der Waals surface area contributed by atoms with Gasteiger partial charge in [0.1, 0.15) is 0 Å². The predicted octanol–water partition coefficient (Wildman–Crippen LogP) is 4.01. The molecule has 0 N–H and O–H groups in total. The second kappa shape index (κ2) is 7.01. The number of piperazine rings is 1. The Morgan fingerprint density at radius 2 is 1.86 bits per heavy atom. The van der Waals surface area contributed by atoms with Crippen molar-refractivity contribution in [1.82, 2.24) is 9.80 Å². The molecule has 1 amide bonds. The van der Waals surface area contributed by atoms with Gasteiger partial charge in [0.2, 0.25) is 0 Å². The maximum absolute atomic E-state index is 12.5. The molecule has 0 atom stereocenters. The lowest BCUT2D eigenvalue weighted by Crippen LogP contribution is -2.48. The van der Waals surface area contributed by atoms with Gasteiger partial charge in [0.15, 0.2) is 0 Å². The van der Waals surface area contributed by atoms with Crippen LogP contribution >= 0.6 is 34.5 Å². The van der Waals surface area contributed by atoms with Gasteiger partial charge in [0.25, 0.3) is 5.91 Å². The number of carbonyl (C=O) groups excluding carboxylic acids is 1. The Morgan fingerprint density at radius 1 is 1.09 bits per heavy atom. The van der Waals surface area contributed by atoms with Crippen LogP contribution in [0.1, 0.15) is 15.2 Å². The number of rotatable bonds is 3. The average molecular weight is 355 g/mol. The summed E-state index contributed by atoms with van der Waals surface area (Å²) < 4.78 is 0. The molecule has 6 heteroatoms. The molecular formula is C16H16Cl2N2OS. The number of thiophene rings is 1. The van der Waals surface area contributed by atoms with Gasteiger partial charge in [0.05, 0.1) is 10.0 Å². The first-order valence-corrected chi connectivity index (χ1v) is 8.76. The Bertz CT molecular complexity index is 652. The summed E-state index contributed by atoms with van der Waals surface area (Å²) in [6.07, 6.45) is 0. The van der Waals surface area contributed by atoms with Crippen LogP contribution in [0.15, 0.2) is 35.7 Å². The van der Waals surface area contributed by atoms with Gasteiger partial charge in [-0.15, -0.1) is 11.3 Å². The number of hydrogen-bond donors (Lipinski definition) is 0. The van der Waals surface area contributed by atoms with E-state index in [1.165, 1.54) is 4.88 Å². The number of carbonyl (C=O) groups is 1. The molecule has 1 saturated heterocycles. The molecule has 2 heterocycles. The minimum atomic E-state index is 0.0225. The van der Waals surface area contributed by atoms with Crippen LogP contribution in [0, 0.1) is 0 Å². The highest BCUT2D eigenvalue weighted by Gasteiger charge is 2.22. The molecule has 116 valence electrons. The van der Waals surface area contributed by atoms with E-state index in [2.05, 4.69) is 22.4 Å². The fourth-order valence-electron chi connectivity index (χ4n) is 2.54. The molecule has 1 aromatic heterocycles. The molecule has 22 heavy (non-hydrogen) atoms. The third-order valence-electron chi connectivity index (χ3n) is 3.79. The Balaban J connectivity index is 1.58. The van der Waals surface area contributed by atoms with Crippen molar-refractivity contribution in [2.24, 2.45) is 0 Å². The van der Waals surface area contributed by atoms with Crippen molar-refractivity contribution in [3.8, 4) is 0 Å². The monoisotopic (exact) mass is 354 g/mol. The van der Waals surface area contributed by atoms with Gasteiger partial charge in [-0.3, -0.25) is 9.69 Å². The van der Waals surface area contributed by atoms with E-state index in [1.54, 1.807) is 29.5 Å². The summed E-state index contributed by atoms with van der Waals surface area (Å²) >= 11 is 13.7. The number of nitrogens with zero attached hydrogens (tertiary/aromatic N) is 2. The van der Waals surface area contributed by atoms with E-state index >= 15 is 0 Å². The summed E-state index contributed by atoms with van der Waals surface area (Å²) in [5.41, 5.74) is 0.598. The minimum Gasteiger partial charge on any atom is -0.336 e. The third-order valence-corrected chi connectivity index (χ3v) is 5.39. The van der Waals surface area contributed by atoms with E-state index in [1.807, 2.05) is 4.90 Å². The largest absolute Gasteiger partial charge is 0.336 e. The molecule has 3 nitrogen and oxygen atoms in total. The van der Waals surface area contributed by atoms with E-state index in [0.717, 1.165) is 32.7 Å². The molecule has 0 aliphatic carbocycles. The Labute approximate surface area is 144 Å². The molecule has 0 bridgehead atoms. The molecule has 1 aliphatic heterocycles. The molecule has 1 aromatic carbocycles. The number of benzene rings is 1. The van der Waals surface area contributed by atoms with Crippen molar-refractivity contribution >= 4 is 40.4 Å². The Hall–Kier alpha value is -1.07. The lowest BCUT2D eigenvalue weighted by molar-refractivity contribution is 0.0629. The van der Waals surface area contributed by atoms with Gasteiger partial charge in [-0.1, -0.05) is 29.3 Å². The molecule has 0 radical (unpaired) electrons. The SMILES string of the molecule is O=C(c1ccc(Cl)c(Cl)c1)N1CCN(Cc2cccs2)CC1. The molecule has 0 spiro atoms. The van der Waals surface area contributed by atoms with Gasteiger partial charge in [0, 0.05) is 43.2 Å². The fraction of sp³-hybridized carbons (Fsp3) is 0.312. The van der Waals surface area contributed by atoms with Crippen LogP contribution < -0.4 is 0 Å². The lowest BCUT2D eigenvalue weighted by atomic mass is 10.2. The van der Waals surface area contributed by atoms with Crippen molar-refractivity contribution in [2.75, 3.05) is 26.2 Å². The zero-order valence-corrected chi connectivity index (χ0v) is 14.3. The summed E-state index contributed by atoms with van der Waals surface area (Å²) in [7, 11) is 0. The highest BCUT2D eigenvalue weighted by atomic mass is 35.5. The Morgan fingerprint density at radius 3 is 2.50 bits per heavy atom. The lowest BCUT2D eigenvalue weighted by Gasteiger charge is -2.34. The second-order valence-corrected chi connectivity index (χ2v) is 7.12.